The van der Waals surface area contributed by atoms with E-state index in [1.54, 1.807) is 6.92 Å². The van der Waals surface area contributed by atoms with Crippen molar-refractivity contribution in [1.82, 2.24) is 0 Å². The molecular weight excluding hydrogens is 274 g/mol. The number of hydrogen-bond donors (Lipinski definition) is 2. The summed E-state index contributed by atoms with van der Waals surface area (Å²) in [6.45, 7) is 5.24. The lowest BCUT2D eigenvalue weighted by atomic mass is 9.76. The maximum Gasteiger partial charge on any atom is 0.310 e. The monoisotopic (exact) mass is 295 g/mol. The lowest BCUT2D eigenvalue weighted by Crippen LogP contribution is -2.37. The molecule has 1 amide bonds. The van der Waals surface area contributed by atoms with Crippen LogP contribution < -0.4 is 5.32 Å². The molecule has 0 saturated heterocycles. The zero-order valence-electron chi connectivity index (χ0n) is 12.3. The minimum atomic E-state index is -1.06. The summed E-state index contributed by atoms with van der Waals surface area (Å²) in [6, 6.07) is 7.47. The highest BCUT2D eigenvalue weighted by Gasteiger charge is 2.38. The van der Waals surface area contributed by atoms with Crippen LogP contribution in [0.3, 0.4) is 0 Å². The van der Waals surface area contributed by atoms with Gasteiger partial charge in [0.1, 0.15) is 0 Å². The SMILES string of the molecule is CSc1ccccc1NC(=O)CC(C)(C(=O)O)C(C)C. The second-order valence-corrected chi connectivity index (χ2v) is 6.15. The highest BCUT2D eigenvalue weighted by atomic mass is 32.2. The van der Waals surface area contributed by atoms with Crippen molar-refractivity contribution in [2.45, 2.75) is 32.1 Å². The molecule has 0 saturated carbocycles. The molecule has 2 N–H and O–H groups in total. The first-order valence-electron chi connectivity index (χ1n) is 6.47. The molecule has 0 aromatic heterocycles. The third-order valence-corrected chi connectivity index (χ3v) is 4.47. The number of rotatable bonds is 6. The lowest BCUT2D eigenvalue weighted by molar-refractivity contribution is -0.153. The summed E-state index contributed by atoms with van der Waals surface area (Å²) in [5, 5.41) is 12.1. The van der Waals surface area contributed by atoms with Gasteiger partial charge in [-0.25, -0.2) is 0 Å². The summed E-state index contributed by atoms with van der Waals surface area (Å²) >= 11 is 1.54. The first-order valence-corrected chi connectivity index (χ1v) is 7.70. The molecule has 0 aliphatic heterocycles. The van der Waals surface area contributed by atoms with E-state index in [0.29, 0.717) is 0 Å². The molecule has 0 aliphatic carbocycles. The number of thioether (sulfide) groups is 1. The predicted octanol–water partition coefficient (Wildman–Crippen LogP) is 3.48. The van der Waals surface area contributed by atoms with Crippen molar-refractivity contribution >= 4 is 29.3 Å². The molecule has 110 valence electrons. The van der Waals surface area contributed by atoms with Crippen molar-refractivity contribution in [2.75, 3.05) is 11.6 Å². The van der Waals surface area contributed by atoms with Crippen LogP contribution in [0.2, 0.25) is 0 Å². The fourth-order valence-corrected chi connectivity index (χ4v) is 2.36. The fourth-order valence-electron chi connectivity index (χ4n) is 1.80. The molecule has 1 unspecified atom stereocenters. The van der Waals surface area contributed by atoms with Crippen molar-refractivity contribution < 1.29 is 14.7 Å². The van der Waals surface area contributed by atoms with Crippen molar-refractivity contribution in [1.29, 1.82) is 0 Å². The standard InChI is InChI=1S/C15H21NO3S/c1-10(2)15(3,14(18)19)9-13(17)16-11-7-5-6-8-12(11)20-4/h5-8,10H,9H2,1-4H3,(H,16,17)(H,18,19). The van der Waals surface area contributed by atoms with Gasteiger partial charge in [-0.15, -0.1) is 11.8 Å². The second-order valence-electron chi connectivity index (χ2n) is 5.30. The van der Waals surface area contributed by atoms with Gasteiger partial charge in [0.05, 0.1) is 11.1 Å². The Kier molecular flexibility index (Phi) is 5.62. The number of aliphatic carboxylic acids is 1. The normalized spacial score (nSPS) is 13.8. The van der Waals surface area contributed by atoms with E-state index in [1.807, 2.05) is 44.4 Å². The first-order chi connectivity index (χ1) is 9.31. The van der Waals surface area contributed by atoms with Crippen LogP contribution in [-0.2, 0) is 9.59 Å². The maximum absolute atomic E-state index is 12.1. The number of carbonyl (C=O) groups excluding carboxylic acids is 1. The number of benzene rings is 1. The molecule has 1 aromatic carbocycles. The minimum absolute atomic E-state index is 0.0390. The summed E-state index contributed by atoms with van der Waals surface area (Å²) in [6.07, 6.45) is 1.89. The average molecular weight is 295 g/mol. The van der Waals surface area contributed by atoms with E-state index in [9.17, 15) is 14.7 Å². The van der Waals surface area contributed by atoms with Crippen LogP contribution in [0.25, 0.3) is 0 Å². The number of carboxylic acids is 1. The Bertz CT molecular complexity index is 502. The number of amides is 1. The van der Waals surface area contributed by atoms with E-state index < -0.39 is 11.4 Å². The molecule has 0 radical (unpaired) electrons. The molecular formula is C15H21NO3S. The lowest BCUT2D eigenvalue weighted by Gasteiger charge is -2.28. The van der Waals surface area contributed by atoms with Crippen molar-refractivity contribution in [3.63, 3.8) is 0 Å². The van der Waals surface area contributed by atoms with E-state index >= 15 is 0 Å². The number of para-hydroxylation sites is 1. The molecule has 1 atom stereocenters. The molecule has 0 bridgehead atoms. The zero-order valence-corrected chi connectivity index (χ0v) is 13.1. The van der Waals surface area contributed by atoms with Crippen molar-refractivity contribution in [2.24, 2.45) is 11.3 Å². The summed E-state index contributed by atoms with van der Waals surface area (Å²) in [5.74, 6) is -1.34. The van der Waals surface area contributed by atoms with Gasteiger partial charge in [0, 0.05) is 11.3 Å². The van der Waals surface area contributed by atoms with Crippen molar-refractivity contribution in [3.05, 3.63) is 24.3 Å². The van der Waals surface area contributed by atoms with Gasteiger partial charge in [0.2, 0.25) is 5.91 Å². The molecule has 1 aromatic rings. The van der Waals surface area contributed by atoms with Crippen molar-refractivity contribution in [3.8, 4) is 0 Å². The molecule has 0 aliphatic rings. The van der Waals surface area contributed by atoms with E-state index in [2.05, 4.69) is 5.32 Å². The molecule has 0 spiro atoms. The highest BCUT2D eigenvalue weighted by molar-refractivity contribution is 7.98. The maximum atomic E-state index is 12.1. The van der Waals surface area contributed by atoms with Gasteiger partial charge < -0.3 is 10.4 Å². The third kappa shape index (κ3) is 3.76. The summed E-state index contributed by atoms with van der Waals surface area (Å²) in [4.78, 5) is 24.5. The third-order valence-electron chi connectivity index (χ3n) is 3.67. The smallest absolute Gasteiger partial charge is 0.310 e. The first kappa shape index (κ1) is 16.6. The number of nitrogens with one attached hydrogen (secondary N) is 1. The predicted molar refractivity (Wildman–Crippen MR) is 82.1 cm³/mol. The minimum Gasteiger partial charge on any atom is -0.481 e. The van der Waals surface area contributed by atoms with Crippen LogP contribution in [0.5, 0.6) is 0 Å². The van der Waals surface area contributed by atoms with Gasteiger partial charge >= 0.3 is 5.97 Å². The van der Waals surface area contributed by atoms with Crippen LogP contribution in [0.1, 0.15) is 27.2 Å². The van der Waals surface area contributed by atoms with Crippen LogP contribution in [0.15, 0.2) is 29.2 Å². The van der Waals surface area contributed by atoms with Gasteiger partial charge in [-0.2, -0.15) is 0 Å². The molecule has 4 nitrogen and oxygen atoms in total. The Morgan fingerprint density at radius 1 is 1.35 bits per heavy atom. The molecule has 0 heterocycles. The highest BCUT2D eigenvalue weighted by Crippen LogP contribution is 2.32. The summed E-state index contributed by atoms with van der Waals surface area (Å²) in [7, 11) is 0. The Morgan fingerprint density at radius 2 is 1.95 bits per heavy atom. The molecule has 20 heavy (non-hydrogen) atoms. The van der Waals surface area contributed by atoms with Gasteiger partial charge in [-0.05, 0) is 31.2 Å². The Morgan fingerprint density at radius 3 is 2.45 bits per heavy atom. The summed E-state index contributed by atoms with van der Waals surface area (Å²) in [5.41, 5.74) is -0.334. The number of carboxylic acid groups (broad SMARTS) is 1. The molecule has 5 heteroatoms. The molecule has 0 fully saturated rings. The van der Waals surface area contributed by atoms with Gasteiger partial charge in [0.25, 0.3) is 0 Å². The topological polar surface area (TPSA) is 66.4 Å². The van der Waals surface area contributed by atoms with E-state index in [-0.39, 0.29) is 18.2 Å². The quantitative estimate of drug-likeness (QED) is 0.788. The fraction of sp³-hybridized carbons (Fsp3) is 0.467. The zero-order chi connectivity index (χ0) is 15.3. The van der Waals surface area contributed by atoms with Gasteiger partial charge in [-0.3, -0.25) is 9.59 Å². The Hall–Kier alpha value is -1.49. The van der Waals surface area contributed by atoms with Gasteiger partial charge in [-0.1, -0.05) is 26.0 Å². The number of carbonyl (C=O) groups is 2. The van der Waals surface area contributed by atoms with Crippen LogP contribution in [-0.4, -0.2) is 23.2 Å². The van der Waals surface area contributed by atoms with Gasteiger partial charge in [0.15, 0.2) is 0 Å². The Balaban J connectivity index is 2.84. The van der Waals surface area contributed by atoms with E-state index in [0.717, 1.165) is 10.6 Å². The summed E-state index contributed by atoms with van der Waals surface area (Å²) < 4.78 is 0. The number of hydrogen-bond acceptors (Lipinski definition) is 3. The van der Waals surface area contributed by atoms with Crippen LogP contribution in [0, 0.1) is 11.3 Å². The van der Waals surface area contributed by atoms with E-state index in [1.165, 1.54) is 11.8 Å². The molecule has 1 rings (SSSR count). The van der Waals surface area contributed by atoms with E-state index in [4.69, 9.17) is 0 Å². The van der Waals surface area contributed by atoms with Crippen LogP contribution >= 0.6 is 11.8 Å². The Labute approximate surface area is 124 Å². The average Bonchev–Trinajstić information content (AvgIpc) is 2.38. The largest absolute Gasteiger partial charge is 0.481 e. The number of anilines is 1. The van der Waals surface area contributed by atoms with Crippen LogP contribution in [0.4, 0.5) is 5.69 Å². The second kappa shape index (κ2) is 6.79.